The zero-order valence-electron chi connectivity index (χ0n) is 12.7. The van der Waals surface area contributed by atoms with E-state index < -0.39 is 0 Å². The molecule has 0 bridgehead atoms. The van der Waals surface area contributed by atoms with Crippen LogP contribution in [-0.4, -0.2) is 29.0 Å². The normalized spacial score (nSPS) is 12.9. The number of fused-ring (bicyclic) bond motifs is 2. The van der Waals surface area contributed by atoms with Gasteiger partial charge in [0.1, 0.15) is 18.0 Å². The Balaban J connectivity index is 1.85. The molecule has 116 valence electrons. The Morgan fingerprint density at radius 3 is 2.91 bits per heavy atom. The molecule has 0 atom stereocenters. The number of ether oxygens (including phenoxy) is 1. The van der Waals surface area contributed by atoms with Crippen molar-refractivity contribution in [3.63, 3.8) is 0 Å². The summed E-state index contributed by atoms with van der Waals surface area (Å²) < 4.78 is 10.4. The van der Waals surface area contributed by atoms with E-state index in [-0.39, 0.29) is 0 Å². The number of methoxy groups -OCH3 is 1. The summed E-state index contributed by atoms with van der Waals surface area (Å²) in [6, 6.07) is 6.26. The lowest BCUT2D eigenvalue weighted by Gasteiger charge is -2.30. The molecule has 0 aliphatic carbocycles. The number of hydrogen-bond acceptors (Lipinski definition) is 7. The molecule has 0 fully saturated rings. The predicted octanol–water partition coefficient (Wildman–Crippen LogP) is 3.65. The largest absolute Gasteiger partial charge is 0.364 e. The van der Waals surface area contributed by atoms with Crippen LogP contribution in [0.4, 0.5) is 11.5 Å². The van der Waals surface area contributed by atoms with Gasteiger partial charge in [0.2, 0.25) is 0 Å². The fraction of sp³-hybridized carbons (Fsp3) is 0.188. The molecule has 0 saturated heterocycles. The quantitative estimate of drug-likeness (QED) is 0.728. The Kier molecular flexibility index (Phi) is 3.51. The van der Waals surface area contributed by atoms with E-state index in [1.165, 1.54) is 0 Å². The first kappa shape index (κ1) is 14.2. The van der Waals surface area contributed by atoms with Gasteiger partial charge >= 0.3 is 0 Å². The molecule has 1 aliphatic heterocycles. The molecule has 0 radical (unpaired) electrons. The zero-order valence-corrected chi connectivity index (χ0v) is 13.5. The maximum absolute atomic E-state index is 5.37. The third kappa shape index (κ3) is 2.38. The molecule has 4 rings (SSSR count). The number of hydrogen-bond donors (Lipinski definition) is 0. The van der Waals surface area contributed by atoms with Crippen LogP contribution >= 0.6 is 11.8 Å². The van der Waals surface area contributed by atoms with Crippen molar-refractivity contribution in [2.45, 2.75) is 16.8 Å². The van der Waals surface area contributed by atoms with Crippen molar-refractivity contribution in [2.75, 3.05) is 18.7 Å². The van der Waals surface area contributed by atoms with E-state index in [4.69, 9.17) is 9.26 Å². The van der Waals surface area contributed by atoms with Crippen molar-refractivity contribution >= 4 is 23.3 Å². The summed E-state index contributed by atoms with van der Waals surface area (Å²) >= 11 is 1.61. The molecule has 7 heteroatoms. The van der Waals surface area contributed by atoms with Crippen molar-refractivity contribution in [1.82, 2.24) is 15.1 Å². The molecule has 0 N–H and O–H groups in total. The van der Waals surface area contributed by atoms with Crippen LogP contribution in [0.3, 0.4) is 0 Å². The molecule has 1 aromatic carbocycles. The van der Waals surface area contributed by atoms with Crippen molar-refractivity contribution < 1.29 is 9.26 Å². The van der Waals surface area contributed by atoms with Gasteiger partial charge in [0.25, 0.3) is 0 Å². The minimum atomic E-state index is 0.408. The lowest BCUT2D eigenvalue weighted by Crippen LogP contribution is -2.24. The summed E-state index contributed by atoms with van der Waals surface area (Å²) in [6.07, 6.45) is 5.07. The third-order valence-corrected chi connectivity index (χ3v) is 4.72. The van der Waals surface area contributed by atoms with Crippen LogP contribution in [0, 0.1) is 6.92 Å². The molecular weight excluding hydrogens is 312 g/mol. The predicted molar refractivity (Wildman–Crippen MR) is 86.8 cm³/mol. The zero-order chi connectivity index (χ0) is 15.8. The molecule has 1 aliphatic rings. The first-order chi connectivity index (χ1) is 11.3. The van der Waals surface area contributed by atoms with Gasteiger partial charge in [0.05, 0.1) is 11.4 Å². The summed E-state index contributed by atoms with van der Waals surface area (Å²) in [5, 5.41) is 4.84. The maximum atomic E-state index is 5.37. The second-order valence-corrected chi connectivity index (χ2v) is 6.16. The standard InChI is InChI=1S/C16H14N4O2S/c1-10-12(8-22-19-10)11-3-4-14-13(7-11)20(9-21-2)15-16(23-14)18-6-5-17-15/h3-8H,9H2,1-2H3. The van der Waals surface area contributed by atoms with Crippen LogP contribution in [0.15, 0.2) is 51.3 Å². The van der Waals surface area contributed by atoms with E-state index >= 15 is 0 Å². The molecular formula is C16H14N4O2S. The first-order valence-corrected chi connectivity index (χ1v) is 7.90. The van der Waals surface area contributed by atoms with Crippen molar-refractivity contribution in [3.05, 3.63) is 42.5 Å². The molecule has 0 spiro atoms. The molecule has 2 aromatic heterocycles. The molecule has 0 saturated carbocycles. The van der Waals surface area contributed by atoms with Gasteiger partial charge in [-0.15, -0.1) is 0 Å². The number of benzene rings is 1. The highest BCUT2D eigenvalue weighted by atomic mass is 32.2. The van der Waals surface area contributed by atoms with E-state index in [2.05, 4.69) is 33.3 Å². The van der Waals surface area contributed by atoms with E-state index in [9.17, 15) is 0 Å². The van der Waals surface area contributed by atoms with Crippen molar-refractivity contribution in [1.29, 1.82) is 0 Å². The number of anilines is 2. The number of nitrogens with zero attached hydrogens (tertiary/aromatic N) is 4. The molecule has 3 heterocycles. The second kappa shape index (κ2) is 5.68. The lowest BCUT2D eigenvalue weighted by molar-refractivity contribution is 0.205. The maximum Gasteiger partial charge on any atom is 0.168 e. The summed E-state index contributed by atoms with van der Waals surface area (Å²) in [5.74, 6) is 0.811. The molecule has 0 unspecified atom stereocenters. The number of aromatic nitrogens is 3. The van der Waals surface area contributed by atoms with Crippen LogP contribution in [0.2, 0.25) is 0 Å². The van der Waals surface area contributed by atoms with Gasteiger partial charge in [-0.05, 0) is 24.6 Å². The van der Waals surface area contributed by atoms with E-state index in [1.807, 2.05) is 11.8 Å². The Morgan fingerprint density at radius 1 is 1.26 bits per heavy atom. The van der Waals surface area contributed by atoms with Gasteiger partial charge in [-0.2, -0.15) is 0 Å². The van der Waals surface area contributed by atoms with Crippen LogP contribution in [0.25, 0.3) is 11.1 Å². The van der Waals surface area contributed by atoms with Gasteiger partial charge in [0, 0.05) is 30.0 Å². The second-order valence-electron chi connectivity index (χ2n) is 5.13. The van der Waals surface area contributed by atoms with E-state index in [0.717, 1.165) is 38.2 Å². The Morgan fingerprint density at radius 2 is 2.13 bits per heavy atom. The van der Waals surface area contributed by atoms with Gasteiger partial charge < -0.3 is 9.26 Å². The summed E-state index contributed by atoms with van der Waals surface area (Å²) in [4.78, 5) is 12.0. The molecule has 3 aromatic rings. The molecule has 0 amide bonds. The van der Waals surface area contributed by atoms with Crippen LogP contribution in [0.5, 0.6) is 0 Å². The fourth-order valence-electron chi connectivity index (χ4n) is 2.60. The number of rotatable bonds is 3. The minimum Gasteiger partial charge on any atom is -0.364 e. The highest BCUT2D eigenvalue weighted by Gasteiger charge is 2.26. The Hall–Kier alpha value is -2.38. The smallest absolute Gasteiger partial charge is 0.168 e. The summed E-state index contributed by atoms with van der Waals surface area (Å²) in [6.45, 7) is 2.34. The van der Waals surface area contributed by atoms with Crippen molar-refractivity contribution in [3.8, 4) is 11.1 Å². The highest BCUT2D eigenvalue weighted by Crippen LogP contribution is 2.47. The summed E-state index contributed by atoms with van der Waals surface area (Å²) in [7, 11) is 1.67. The molecule has 23 heavy (non-hydrogen) atoms. The van der Waals surface area contributed by atoms with Crippen LogP contribution < -0.4 is 4.90 Å². The Labute approximate surface area is 137 Å². The topological polar surface area (TPSA) is 64.3 Å². The lowest BCUT2D eigenvalue weighted by atomic mass is 10.1. The fourth-order valence-corrected chi connectivity index (χ4v) is 3.59. The molecule has 6 nitrogen and oxygen atoms in total. The first-order valence-electron chi connectivity index (χ1n) is 7.08. The SMILES string of the molecule is COCN1c2cc(-c3conc3C)ccc2Sc2nccnc21. The van der Waals surface area contributed by atoms with Crippen LogP contribution in [-0.2, 0) is 4.74 Å². The van der Waals surface area contributed by atoms with E-state index in [1.54, 1.807) is 37.5 Å². The average molecular weight is 326 g/mol. The van der Waals surface area contributed by atoms with Gasteiger partial charge in [-0.1, -0.05) is 23.0 Å². The monoisotopic (exact) mass is 326 g/mol. The van der Waals surface area contributed by atoms with Gasteiger partial charge in [-0.25, -0.2) is 9.97 Å². The highest BCUT2D eigenvalue weighted by molar-refractivity contribution is 7.99. The summed E-state index contributed by atoms with van der Waals surface area (Å²) in [5.41, 5.74) is 3.95. The van der Waals surface area contributed by atoms with E-state index in [0.29, 0.717) is 6.73 Å². The number of aryl methyl sites for hydroxylation is 1. The van der Waals surface area contributed by atoms with Gasteiger partial charge in [-0.3, -0.25) is 4.90 Å². The Bertz CT molecular complexity index is 865. The van der Waals surface area contributed by atoms with Gasteiger partial charge in [0.15, 0.2) is 5.82 Å². The average Bonchev–Trinajstić information content (AvgIpc) is 3.00. The van der Waals surface area contributed by atoms with Crippen LogP contribution in [0.1, 0.15) is 5.69 Å². The minimum absolute atomic E-state index is 0.408. The third-order valence-electron chi connectivity index (χ3n) is 3.68. The van der Waals surface area contributed by atoms with Crippen molar-refractivity contribution in [2.24, 2.45) is 0 Å².